The van der Waals surface area contributed by atoms with Gasteiger partial charge in [0.15, 0.2) is 0 Å². The molecule has 0 rings (SSSR count). The molecule has 11 nitrogen and oxygen atoms in total. The third-order valence-electron chi connectivity index (χ3n) is 3.86. The zero-order valence-corrected chi connectivity index (χ0v) is 17.9. The van der Waals surface area contributed by atoms with Gasteiger partial charge in [0.2, 0.25) is 17.7 Å². The van der Waals surface area contributed by atoms with Gasteiger partial charge in [-0.2, -0.15) is 25.3 Å². The van der Waals surface area contributed by atoms with Crippen molar-refractivity contribution in [2.75, 3.05) is 11.5 Å². The van der Waals surface area contributed by atoms with Crippen molar-refractivity contribution in [3.05, 3.63) is 0 Å². The van der Waals surface area contributed by atoms with Gasteiger partial charge < -0.3 is 31.9 Å². The standard InChI is InChI=1S/C16H28N4O7S2/c1-7(2)12(20-13(23)8(17)5-28)15(25)18-9(3-4-11(21)22)14(24)19-10(6-29)16(26)27/h7-10,12,28-29H,3-6,17H2,1-2H3,(H,18,25)(H,19,24)(H,20,23)(H,21,22)(H,26,27). The van der Waals surface area contributed by atoms with Crippen LogP contribution in [0.1, 0.15) is 26.7 Å². The van der Waals surface area contributed by atoms with Gasteiger partial charge in [0, 0.05) is 17.9 Å². The molecular formula is C16H28N4O7S2. The highest BCUT2D eigenvalue weighted by Crippen LogP contribution is 2.06. The highest BCUT2D eigenvalue weighted by atomic mass is 32.1. The van der Waals surface area contributed by atoms with Gasteiger partial charge in [-0.3, -0.25) is 19.2 Å². The van der Waals surface area contributed by atoms with Gasteiger partial charge >= 0.3 is 11.9 Å². The smallest absolute Gasteiger partial charge is 0.327 e. The zero-order chi connectivity index (χ0) is 22.7. The Bertz CT molecular complexity index is 618. The second-order valence-corrected chi connectivity index (χ2v) is 7.33. The average Bonchev–Trinajstić information content (AvgIpc) is 2.65. The van der Waals surface area contributed by atoms with Crippen LogP contribution >= 0.6 is 25.3 Å². The lowest BCUT2D eigenvalue weighted by Gasteiger charge is -2.26. The molecule has 13 heteroatoms. The summed E-state index contributed by atoms with van der Waals surface area (Å²) in [5, 5.41) is 24.9. The minimum atomic E-state index is -1.33. The molecule has 0 fully saturated rings. The van der Waals surface area contributed by atoms with E-state index in [1.54, 1.807) is 13.8 Å². The molecular weight excluding hydrogens is 424 g/mol. The second kappa shape index (κ2) is 13.3. The minimum Gasteiger partial charge on any atom is -0.481 e. The summed E-state index contributed by atoms with van der Waals surface area (Å²) in [6.07, 6.45) is -0.721. The van der Waals surface area contributed by atoms with Gasteiger partial charge in [-0.1, -0.05) is 13.8 Å². The number of rotatable bonds is 13. The van der Waals surface area contributed by atoms with Crippen LogP contribution in [-0.4, -0.2) is 75.5 Å². The molecule has 166 valence electrons. The number of carboxylic acid groups (broad SMARTS) is 2. The summed E-state index contributed by atoms with van der Waals surface area (Å²) >= 11 is 7.75. The van der Waals surface area contributed by atoms with Crippen molar-refractivity contribution >= 4 is 54.9 Å². The van der Waals surface area contributed by atoms with Crippen molar-refractivity contribution in [3.63, 3.8) is 0 Å². The van der Waals surface area contributed by atoms with Gasteiger partial charge in [0.25, 0.3) is 0 Å². The van der Waals surface area contributed by atoms with E-state index in [4.69, 9.17) is 15.9 Å². The molecule has 0 saturated carbocycles. The fourth-order valence-electron chi connectivity index (χ4n) is 2.13. The van der Waals surface area contributed by atoms with Crippen molar-refractivity contribution in [1.82, 2.24) is 16.0 Å². The van der Waals surface area contributed by atoms with Gasteiger partial charge in [-0.15, -0.1) is 0 Å². The van der Waals surface area contributed by atoms with Crippen LogP contribution in [0.5, 0.6) is 0 Å². The van der Waals surface area contributed by atoms with Crippen LogP contribution in [0.4, 0.5) is 0 Å². The molecule has 29 heavy (non-hydrogen) atoms. The third kappa shape index (κ3) is 9.85. The highest BCUT2D eigenvalue weighted by molar-refractivity contribution is 7.80. The number of carbonyl (C=O) groups is 5. The Balaban J connectivity index is 5.37. The van der Waals surface area contributed by atoms with Gasteiger partial charge in [0.05, 0.1) is 6.04 Å². The molecule has 3 amide bonds. The molecule has 0 aliphatic rings. The Labute approximate surface area is 179 Å². The van der Waals surface area contributed by atoms with E-state index in [0.717, 1.165) is 0 Å². The molecule has 0 spiro atoms. The Hall–Kier alpha value is -1.99. The quantitative estimate of drug-likeness (QED) is 0.151. The first-order valence-corrected chi connectivity index (χ1v) is 10.0. The minimum absolute atomic E-state index is 0.0578. The van der Waals surface area contributed by atoms with E-state index in [9.17, 15) is 24.0 Å². The van der Waals surface area contributed by atoms with Crippen LogP contribution in [0.2, 0.25) is 0 Å². The van der Waals surface area contributed by atoms with Gasteiger partial charge in [-0.05, 0) is 12.3 Å². The van der Waals surface area contributed by atoms with Crippen molar-refractivity contribution in [2.24, 2.45) is 11.7 Å². The topological polar surface area (TPSA) is 188 Å². The largest absolute Gasteiger partial charge is 0.481 e. The summed E-state index contributed by atoms with van der Waals surface area (Å²) in [4.78, 5) is 59.0. The number of amides is 3. The van der Waals surface area contributed by atoms with E-state index in [1.165, 1.54) is 0 Å². The molecule has 0 heterocycles. The third-order valence-corrected chi connectivity index (χ3v) is 4.62. The predicted octanol–water partition coefficient (Wildman–Crippen LogP) is -1.77. The number of hydrogen-bond acceptors (Lipinski definition) is 8. The first kappa shape index (κ1) is 27.0. The number of nitrogens with two attached hydrogens (primary N) is 1. The van der Waals surface area contributed by atoms with Crippen molar-refractivity contribution in [1.29, 1.82) is 0 Å². The SMILES string of the molecule is CC(C)C(NC(=O)C(N)CS)C(=O)NC(CCC(=O)O)C(=O)NC(CS)C(=O)O. The molecule has 0 aliphatic heterocycles. The maximum Gasteiger partial charge on any atom is 0.327 e. The van der Waals surface area contributed by atoms with E-state index in [-0.39, 0.29) is 23.8 Å². The Morgan fingerprint density at radius 3 is 1.83 bits per heavy atom. The van der Waals surface area contributed by atoms with E-state index in [2.05, 4.69) is 41.2 Å². The number of hydrogen-bond donors (Lipinski definition) is 8. The highest BCUT2D eigenvalue weighted by Gasteiger charge is 2.31. The number of thiol groups is 2. The lowest BCUT2D eigenvalue weighted by atomic mass is 10.0. The summed E-state index contributed by atoms with van der Waals surface area (Å²) in [7, 11) is 0. The fourth-order valence-corrected chi connectivity index (χ4v) is 2.55. The molecule has 7 N–H and O–H groups in total. The van der Waals surface area contributed by atoms with E-state index in [0.29, 0.717) is 0 Å². The van der Waals surface area contributed by atoms with Crippen LogP contribution in [0, 0.1) is 5.92 Å². The Morgan fingerprint density at radius 2 is 1.41 bits per heavy atom. The summed E-state index contributed by atoms with van der Waals surface area (Å²) in [5.74, 6) is -5.26. The van der Waals surface area contributed by atoms with Crippen LogP contribution in [0.25, 0.3) is 0 Å². The van der Waals surface area contributed by atoms with Crippen LogP contribution < -0.4 is 21.7 Å². The van der Waals surface area contributed by atoms with Crippen molar-refractivity contribution in [2.45, 2.75) is 50.9 Å². The predicted molar refractivity (Wildman–Crippen MR) is 111 cm³/mol. The van der Waals surface area contributed by atoms with E-state index >= 15 is 0 Å². The van der Waals surface area contributed by atoms with Crippen LogP contribution in [0.3, 0.4) is 0 Å². The normalized spacial score (nSPS) is 15.0. The molecule has 0 bridgehead atoms. The summed E-state index contributed by atoms with van der Waals surface area (Å²) < 4.78 is 0. The van der Waals surface area contributed by atoms with Crippen LogP contribution in [0.15, 0.2) is 0 Å². The molecule has 0 aromatic carbocycles. The molecule has 0 aromatic rings. The first-order valence-electron chi connectivity index (χ1n) is 8.77. The average molecular weight is 453 g/mol. The Kier molecular flexibility index (Phi) is 12.4. The summed E-state index contributed by atoms with van der Waals surface area (Å²) in [5.41, 5.74) is 5.58. The van der Waals surface area contributed by atoms with E-state index < -0.39 is 60.2 Å². The van der Waals surface area contributed by atoms with Crippen LogP contribution in [-0.2, 0) is 24.0 Å². The van der Waals surface area contributed by atoms with Gasteiger partial charge in [-0.25, -0.2) is 4.79 Å². The number of nitrogens with one attached hydrogen (secondary N) is 3. The maximum absolute atomic E-state index is 12.6. The second-order valence-electron chi connectivity index (χ2n) is 6.59. The lowest BCUT2D eigenvalue weighted by molar-refractivity contribution is -0.142. The molecule has 0 saturated heterocycles. The summed E-state index contributed by atoms with van der Waals surface area (Å²) in [6.45, 7) is 3.31. The first-order chi connectivity index (χ1) is 13.4. The maximum atomic E-state index is 12.6. The fraction of sp³-hybridized carbons (Fsp3) is 0.688. The molecule has 0 aliphatic carbocycles. The van der Waals surface area contributed by atoms with Crippen molar-refractivity contribution < 1.29 is 34.2 Å². The van der Waals surface area contributed by atoms with Crippen molar-refractivity contribution in [3.8, 4) is 0 Å². The number of aliphatic carboxylic acids is 2. The zero-order valence-electron chi connectivity index (χ0n) is 16.1. The molecule has 0 aromatic heterocycles. The summed E-state index contributed by atoms with van der Waals surface area (Å²) in [6, 6.07) is -4.63. The molecule has 4 unspecified atom stereocenters. The molecule has 0 radical (unpaired) electrons. The number of carboxylic acids is 2. The number of carbonyl (C=O) groups excluding carboxylic acids is 3. The monoisotopic (exact) mass is 452 g/mol. The Morgan fingerprint density at radius 1 is 0.862 bits per heavy atom. The van der Waals surface area contributed by atoms with Gasteiger partial charge in [0.1, 0.15) is 18.1 Å². The lowest BCUT2D eigenvalue weighted by Crippen LogP contribution is -2.58. The van der Waals surface area contributed by atoms with E-state index in [1.807, 2.05) is 0 Å². The molecule has 4 atom stereocenters.